The Labute approximate surface area is 116 Å². The Balaban J connectivity index is 2.21. The van der Waals surface area contributed by atoms with E-state index in [0.29, 0.717) is 6.54 Å². The molecule has 1 atom stereocenters. The number of hydrogen-bond acceptors (Lipinski definition) is 4. The quantitative estimate of drug-likeness (QED) is 0.667. The molecule has 0 radical (unpaired) electrons. The van der Waals surface area contributed by atoms with Crippen LogP contribution in [0.1, 0.15) is 24.5 Å². The Morgan fingerprint density at radius 2 is 2.11 bits per heavy atom. The average molecular weight is 266 g/mol. The summed E-state index contributed by atoms with van der Waals surface area (Å²) in [6.45, 7) is 2.63. The fourth-order valence-electron chi connectivity index (χ4n) is 1.88. The Morgan fingerprint density at radius 3 is 2.79 bits per heavy atom. The van der Waals surface area contributed by atoms with Crippen molar-refractivity contribution in [3.05, 3.63) is 29.8 Å². The molecule has 1 rings (SSSR count). The van der Waals surface area contributed by atoms with Gasteiger partial charge in [0.1, 0.15) is 5.75 Å². The van der Waals surface area contributed by atoms with Crippen LogP contribution in [0.2, 0.25) is 0 Å². The van der Waals surface area contributed by atoms with Crippen LogP contribution in [-0.4, -0.2) is 50.8 Å². The maximum absolute atomic E-state index is 10.1. The fourth-order valence-corrected chi connectivity index (χ4v) is 1.88. The molecule has 0 aromatic heterocycles. The number of ether oxygens (including phenoxy) is 1. The molecule has 2 N–H and O–H groups in total. The van der Waals surface area contributed by atoms with Gasteiger partial charge in [0, 0.05) is 6.54 Å². The van der Waals surface area contributed by atoms with Crippen molar-refractivity contribution in [3.8, 4) is 5.75 Å². The van der Waals surface area contributed by atoms with Gasteiger partial charge in [-0.1, -0.05) is 12.1 Å². The van der Waals surface area contributed by atoms with Gasteiger partial charge in [0.25, 0.3) is 0 Å². The summed E-state index contributed by atoms with van der Waals surface area (Å²) in [5, 5.41) is 13.3. The monoisotopic (exact) mass is 266 g/mol. The summed E-state index contributed by atoms with van der Waals surface area (Å²) in [7, 11) is 5.80. The molecule has 19 heavy (non-hydrogen) atoms. The highest BCUT2D eigenvalue weighted by atomic mass is 16.5. The molecular weight excluding hydrogens is 240 g/mol. The van der Waals surface area contributed by atoms with Crippen molar-refractivity contribution in [3.63, 3.8) is 0 Å². The Bertz CT molecular complexity index is 356. The molecule has 0 aliphatic heterocycles. The van der Waals surface area contributed by atoms with Crippen molar-refractivity contribution in [1.29, 1.82) is 0 Å². The number of nitrogens with zero attached hydrogens (tertiary/aromatic N) is 1. The predicted octanol–water partition coefficient (Wildman–Crippen LogP) is 1.66. The minimum atomic E-state index is -0.482. The molecular formula is C15H26N2O2. The summed E-state index contributed by atoms with van der Waals surface area (Å²) in [4.78, 5) is 2.19. The molecule has 0 heterocycles. The van der Waals surface area contributed by atoms with Gasteiger partial charge >= 0.3 is 0 Å². The van der Waals surface area contributed by atoms with Crippen LogP contribution in [0.15, 0.2) is 24.3 Å². The van der Waals surface area contributed by atoms with E-state index in [4.69, 9.17) is 4.74 Å². The lowest BCUT2D eigenvalue weighted by Crippen LogP contribution is -2.23. The van der Waals surface area contributed by atoms with Gasteiger partial charge in [0.15, 0.2) is 0 Å². The van der Waals surface area contributed by atoms with Gasteiger partial charge in [-0.3, -0.25) is 0 Å². The van der Waals surface area contributed by atoms with Crippen LogP contribution in [0, 0.1) is 0 Å². The van der Waals surface area contributed by atoms with E-state index >= 15 is 0 Å². The van der Waals surface area contributed by atoms with Crippen molar-refractivity contribution in [2.45, 2.75) is 18.9 Å². The van der Waals surface area contributed by atoms with E-state index < -0.39 is 6.10 Å². The van der Waals surface area contributed by atoms with E-state index in [2.05, 4.69) is 24.3 Å². The topological polar surface area (TPSA) is 44.7 Å². The highest BCUT2D eigenvalue weighted by Gasteiger charge is 2.07. The van der Waals surface area contributed by atoms with Gasteiger partial charge < -0.3 is 20.1 Å². The number of aliphatic hydroxyl groups is 1. The largest absolute Gasteiger partial charge is 0.497 e. The lowest BCUT2D eigenvalue weighted by atomic mass is 10.1. The lowest BCUT2D eigenvalue weighted by Gasteiger charge is -2.14. The van der Waals surface area contributed by atoms with Crippen molar-refractivity contribution in [1.82, 2.24) is 10.2 Å². The molecule has 0 spiro atoms. The molecule has 108 valence electrons. The molecule has 1 aromatic carbocycles. The first kappa shape index (κ1) is 16.0. The number of methoxy groups -OCH3 is 1. The maximum atomic E-state index is 10.1. The van der Waals surface area contributed by atoms with E-state index in [1.54, 1.807) is 7.11 Å². The molecule has 1 unspecified atom stereocenters. The summed E-state index contributed by atoms with van der Waals surface area (Å²) in [6.07, 6.45) is 1.82. The molecule has 1 aromatic rings. The second-order valence-electron chi connectivity index (χ2n) is 5.01. The van der Waals surface area contributed by atoms with Crippen LogP contribution in [0.4, 0.5) is 0 Å². The van der Waals surface area contributed by atoms with E-state index in [1.165, 1.54) is 6.42 Å². The zero-order chi connectivity index (χ0) is 14.1. The van der Waals surface area contributed by atoms with Crippen LogP contribution in [-0.2, 0) is 0 Å². The highest BCUT2D eigenvalue weighted by Crippen LogP contribution is 2.18. The molecule has 4 heteroatoms. The van der Waals surface area contributed by atoms with E-state index in [0.717, 1.165) is 30.8 Å². The normalized spacial score (nSPS) is 12.7. The first-order chi connectivity index (χ1) is 9.13. The first-order valence-electron chi connectivity index (χ1n) is 6.81. The average Bonchev–Trinajstić information content (AvgIpc) is 2.42. The first-order valence-corrected chi connectivity index (χ1v) is 6.81. The number of aliphatic hydroxyl groups excluding tert-OH is 1. The van der Waals surface area contributed by atoms with Gasteiger partial charge in [0.05, 0.1) is 13.2 Å². The molecule has 0 amide bonds. The van der Waals surface area contributed by atoms with E-state index in [1.807, 2.05) is 24.3 Å². The summed E-state index contributed by atoms with van der Waals surface area (Å²) >= 11 is 0. The summed E-state index contributed by atoms with van der Waals surface area (Å²) in [6, 6.07) is 7.57. The van der Waals surface area contributed by atoms with Gasteiger partial charge in [0.2, 0.25) is 0 Å². The number of unbranched alkanes of at least 4 members (excludes halogenated alkanes) is 1. The fraction of sp³-hybridized carbons (Fsp3) is 0.600. The third kappa shape index (κ3) is 6.57. The van der Waals surface area contributed by atoms with Gasteiger partial charge in [-0.25, -0.2) is 0 Å². The second-order valence-corrected chi connectivity index (χ2v) is 5.01. The van der Waals surface area contributed by atoms with Gasteiger partial charge in [-0.15, -0.1) is 0 Å². The van der Waals surface area contributed by atoms with E-state index in [-0.39, 0.29) is 0 Å². The van der Waals surface area contributed by atoms with Crippen molar-refractivity contribution >= 4 is 0 Å². The minimum absolute atomic E-state index is 0.482. The van der Waals surface area contributed by atoms with E-state index in [9.17, 15) is 5.11 Å². The van der Waals surface area contributed by atoms with Crippen LogP contribution >= 0.6 is 0 Å². The lowest BCUT2D eigenvalue weighted by molar-refractivity contribution is 0.174. The Hall–Kier alpha value is -1.10. The number of rotatable bonds is 9. The SMILES string of the molecule is COc1cccc(C(O)CNCCCCN(C)C)c1. The summed E-state index contributed by atoms with van der Waals surface area (Å²) in [5.41, 5.74) is 0.889. The van der Waals surface area contributed by atoms with Gasteiger partial charge in [-0.05, 0) is 57.7 Å². The zero-order valence-corrected chi connectivity index (χ0v) is 12.2. The third-order valence-electron chi connectivity index (χ3n) is 3.03. The van der Waals surface area contributed by atoms with Crippen LogP contribution < -0.4 is 10.1 Å². The smallest absolute Gasteiger partial charge is 0.119 e. The second kappa shape index (κ2) is 8.91. The molecule has 0 saturated heterocycles. The Morgan fingerprint density at radius 1 is 1.32 bits per heavy atom. The predicted molar refractivity (Wildman–Crippen MR) is 78.6 cm³/mol. The number of hydrogen-bond donors (Lipinski definition) is 2. The van der Waals surface area contributed by atoms with Gasteiger partial charge in [-0.2, -0.15) is 0 Å². The van der Waals surface area contributed by atoms with Crippen LogP contribution in [0.5, 0.6) is 5.75 Å². The zero-order valence-electron chi connectivity index (χ0n) is 12.2. The highest BCUT2D eigenvalue weighted by molar-refractivity contribution is 5.29. The van der Waals surface area contributed by atoms with Crippen LogP contribution in [0.25, 0.3) is 0 Å². The number of benzene rings is 1. The number of nitrogens with one attached hydrogen (secondary N) is 1. The van der Waals surface area contributed by atoms with Crippen molar-refractivity contribution < 1.29 is 9.84 Å². The standard InChI is InChI=1S/C15H26N2O2/c1-17(2)10-5-4-9-16-12-15(18)13-7-6-8-14(11-13)19-3/h6-8,11,15-16,18H,4-5,9-10,12H2,1-3H3. The molecule has 4 nitrogen and oxygen atoms in total. The molecule has 0 aliphatic carbocycles. The summed E-state index contributed by atoms with van der Waals surface area (Å²) in [5.74, 6) is 0.780. The minimum Gasteiger partial charge on any atom is -0.497 e. The Kier molecular flexibility index (Phi) is 7.48. The van der Waals surface area contributed by atoms with Crippen molar-refractivity contribution in [2.75, 3.05) is 40.8 Å². The molecule has 0 fully saturated rings. The molecule has 0 aliphatic rings. The van der Waals surface area contributed by atoms with Crippen LogP contribution in [0.3, 0.4) is 0 Å². The summed E-state index contributed by atoms with van der Waals surface area (Å²) < 4.78 is 5.15. The molecule has 0 saturated carbocycles. The molecule has 0 bridgehead atoms. The van der Waals surface area contributed by atoms with Crippen molar-refractivity contribution in [2.24, 2.45) is 0 Å². The third-order valence-corrected chi connectivity index (χ3v) is 3.03. The maximum Gasteiger partial charge on any atom is 0.119 e.